The number of hydrogen-bond acceptors (Lipinski definition) is 3. The number of carbonyl (C=O) groups is 1. The van der Waals surface area contributed by atoms with Crippen LogP contribution in [0.15, 0.2) is 30.3 Å². The summed E-state index contributed by atoms with van der Waals surface area (Å²) in [5, 5.41) is 3.36. The normalized spacial score (nSPS) is 33.0. The predicted molar refractivity (Wildman–Crippen MR) is 98.4 cm³/mol. The highest BCUT2D eigenvalue weighted by Crippen LogP contribution is 2.41. The van der Waals surface area contributed by atoms with Gasteiger partial charge in [0, 0.05) is 18.7 Å². The van der Waals surface area contributed by atoms with E-state index in [4.69, 9.17) is 4.74 Å². The van der Waals surface area contributed by atoms with Gasteiger partial charge in [-0.1, -0.05) is 30.3 Å². The van der Waals surface area contributed by atoms with E-state index in [2.05, 4.69) is 10.2 Å². The van der Waals surface area contributed by atoms with E-state index in [1.165, 1.54) is 38.8 Å². The Morgan fingerprint density at radius 3 is 2.68 bits per heavy atom. The molecule has 0 unspecified atom stereocenters. The largest absolute Gasteiger partial charge is 0.375 e. The van der Waals surface area contributed by atoms with Gasteiger partial charge in [-0.25, -0.2) is 0 Å². The monoisotopic (exact) mass is 342 g/mol. The second kappa shape index (κ2) is 7.46. The molecule has 0 radical (unpaired) electrons. The van der Waals surface area contributed by atoms with Gasteiger partial charge >= 0.3 is 0 Å². The molecule has 4 heteroatoms. The lowest BCUT2D eigenvalue weighted by atomic mass is 9.76. The minimum atomic E-state index is 0.0912. The first kappa shape index (κ1) is 17.0. The molecule has 2 saturated heterocycles. The molecule has 3 fully saturated rings. The third-order valence-corrected chi connectivity index (χ3v) is 6.31. The van der Waals surface area contributed by atoms with Crippen LogP contribution in [-0.4, -0.2) is 48.2 Å². The zero-order valence-corrected chi connectivity index (χ0v) is 15.1. The summed E-state index contributed by atoms with van der Waals surface area (Å²) in [5.41, 5.74) is 1.18. The van der Waals surface area contributed by atoms with Crippen molar-refractivity contribution >= 4 is 5.91 Å². The van der Waals surface area contributed by atoms with Crippen molar-refractivity contribution in [1.29, 1.82) is 0 Å². The maximum atomic E-state index is 12.6. The van der Waals surface area contributed by atoms with E-state index >= 15 is 0 Å². The third-order valence-electron chi connectivity index (χ3n) is 6.31. The van der Waals surface area contributed by atoms with Crippen molar-refractivity contribution < 1.29 is 9.53 Å². The molecule has 4 rings (SSSR count). The van der Waals surface area contributed by atoms with Gasteiger partial charge in [0.2, 0.25) is 5.91 Å². The van der Waals surface area contributed by atoms with Gasteiger partial charge < -0.3 is 10.1 Å². The molecule has 2 heterocycles. The molecule has 1 aliphatic carbocycles. The predicted octanol–water partition coefficient (Wildman–Crippen LogP) is 2.91. The molecule has 1 aromatic carbocycles. The van der Waals surface area contributed by atoms with Gasteiger partial charge in [0.15, 0.2) is 0 Å². The third kappa shape index (κ3) is 3.90. The second-order valence-corrected chi connectivity index (χ2v) is 8.02. The molecule has 0 aromatic heterocycles. The molecule has 3 aliphatic rings. The van der Waals surface area contributed by atoms with E-state index in [-0.39, 0.29) is 17.6 Å². The average Bonchev–Trinajstić information content (AvgIpc) is 3.30. The number of nitrogens with zero attached hydrogens (tertiary/aromatic N) is 1. The van der Waals surface area contributed by atoms with Crippen LogP contribution in [0.5, 0.6) is 0 Å². The van der Waals surface area contributed by atoms with E-state index in [9.17, 15) is 4.79 Å². The fraction of sp³-hybridized carbons (Fsp3) is 0.667. The van der Waals surface area contributed by atoms with Crippen LogP contribution in [0.4, 0.5) is 0 Å². The van der Waals surface area contributed by atoms with Crippen LogP contribution in [-0.2, 0) is 16.0 Å². The topological polar surface area (TPSA) is 41.6 Å². The van der Waals surface area contributed by atoms with Gasteiger partial charge in [-0.05, 0) is 63.6 Å². The van der Waals surface area contributed by atoms with E-state index in [1.54, 1.807) is 0 Å². The van der Waals surface area contributed by atoms with Crippen LogP contribution in [0.3, 0.4) is 0 Å². The van der Waals surface area contributed by atoms with Crippen molar-refractivity contribution in [2.24, 2.45) is 0 Å². The summed E-state index contributed by atoms with van der Waals surface area (Å²) < 4.78 is 6.18. The lowest BCUT2D eigenvalue weighted by Gasteiger charge is -2.46. The molecule has 136 valence electrons. The Morgan fingerprint density at radius 2 is 1.96 bits per heavy atom. The first-order valence-electron chi connectivity index (χ1n) is 9.95. The molecule has 4 nitrogen and oxygen atoms in total. The number of benzene rings is 1. The summed E-state index contributed by atoms with van der Waals surface area (Å²) in [6.07, 6.45) is 8.66. The maximum Gasteiger partial charge on any atom is 0.224 e. The second-order valence-electron chi connectivity index (χ2n) is 8.02. The molecule has 25 heavy (non-hydrogen) atoms. The Kier molecular flexibility index (Phi) is 5.09. The van der Waals surface area contributed by atoms with Gasteiger partial charge in [-0.3, -0.25) is 9.69 Å². The summed E-state index contributed by atoms with van der Waals surface area (Å²) in [6.45, 7) is 3.26. The molecule has 2 aliphatic heterocycles. The fourth-order valence-electron chi connectivity index (χ4n) is 5.01. The van der Waals surface area contributed by atoms with Gasteiger partial charge in [-0.2, -0.15) is 0 Å². The highest BCUT2D eigenvalue weighted by molar-refractivity contribution is 5.78. The quantitative estimate of drug-likeness (QED) is 0.915. The van der Waals surface area contributed by atoms with Crippen molar-refractivity contribution in [1.82, 2.24) is 10.2 Å². The maximum absolute atomic E-state index is 12.6. The number of hydrogen-bond donors (Lipinski definition) is 1. The van der Waals surface area contributed by atoms with Crippen LogP contribution >= 0.6 is 0 Å². The Morgan fingerprint density at radius 1 is 1.16 bits per heavy atom. The molecule has 1 aromatic rings. The molecule has 1 saturated carbocycles. The summed E-state index contributed by atoms with van der Waals surface area (Å²) in [5.74, 6) is 0.156. The average molecular weight is 342 g/mol. The van der Waals surface area contributed by atoms with E-state index < -0.39 is 0 Å². The molecular formula is C21H30N2O2. The fourth-order valence-corrected chi connectivity index (χ4v) is 5.01. The lowest BCUT2D eigenvalue weighted by molar-refractivity contribution is -0.123. The summed E-state index contributed by atoms with van der Waals surface area (Å²) in [7, 11) is 0. The van der Waals surface area contributed by atoms with Crippen LogP contribution in [0.25, 0.3) is 0 Å². The zero-order chi connectivity index (χ0) is 17.1. The SMILES string of the molecule is O=C(Cc1ccccc1)N[C@H]1CC[C@@]2(CCCO2)C[C@@H]1N1CCCC1. The molecule has 1 N–H and O–H groups in total. The van der Waals surface area contributed by atoms with E-state index in [0.717, 1.165) is 31.4 Å². The number of nitrogens with one attached hydrogen (secondary N) is 1. The van der Waals surface area contributed by atoms with Gasteiger partial charge in [0.1, 0.15) is 0 Å². The van der Waals surface area contributed by atoms with Crippen molar-refractivity contribution in [3.63, 3.8) is 0 Å². The van der Waals surface area contributed by atoms with Gasteiger partial charge in [0.05, 0.1) is 12.0 Å². The molecule has 3 atom stereocenters. The zero-order valence-electron chi connectivity index (χ0n) is 15.1. The van der Waals surface area contributed by atoms with Gasteiger partial charge in [-0.15, -0.1) is 0 Å². The van der Waals surface area contributed by atoms with Crippen molar-refractivity contribution in [2.75, 3.05) is 19.7 Å². The lowest BCUT2D eigenvalue weighted by Crippen LogP contribution is -2.58. The van der Waals surface area contributed by atoms with Crippen LogP contribution in [0, 0.1) is 0 Å². The standard InChI is InChI=1S/C21H30N2O2/c24-20(15-17-7-2-1-3-8-17)22-18-9-11-21(10-6-14-25-21)16-19(18)23-12-4-5-13-23/h1-3,7-8,18-19H,4-6,9-16H2,(H,22,24)/t18-,19-,21-/m0/s1. The first-order valence-corrected chi connectivity index (χ1v) is 9.95. The number of ether oxygens (including phenoxy) is 1. The molecule has 0 bridgehead atoms. The highest BCUT2D eigenvalue weighted by Gasteiger charge is 2.46. The van der Waals surface area contributed by atoms with Crippen LogP contribution in [0.1, 0.15) is 50.5 Å². The summed E-state index contributed by atoms with van der Waals surface area (Å²) in [4.78, 5) is 15.2. The summed E-state index contributed by atoms with van der Waals surface area (Å²) in [6, 6.07) is 10.7. The van der Waals surface area contributed by atoms with Crippen molar-refractivity contribution in [3.05, 3.63) is 35.9 Å². The Balaban J connectivity index is 1.42. The Hall–Kier alpha value is -1.39. The Labute approximate surface area is 150 Å². The smallest absolute Gasteiger partial charge is 0.224 e. The van der Waals surface area contributed by atoms with Gasteiger partial charge in [0.25, 0.3) is 0 Å². The minimum Gasteiger partial charge on any atom is -0.375 e. The van der Waals surface area contributed by atoms with Crippen molar-refractivity contribution in [2.45, 2.75) is 69.1 Å². The van der Waals surface area contributed by atoms with E-state index in [0.29, 0.717) is 12.5 Å². The molecule has 1 amide bonds. The highest BCUT2D eigenvalue weighted by atomic mass is 16.5. The number of amides is 1. The number of carbonyl (C=O) groups excluding carboxylic acids is 1. The van der Waals surface area contributed by atoms with E-state index in [1.807, 2.05) is 30.3 Å². The Bertz CT molecular complexity index is 577. The first-order chi connectivity index (χ1) is 12.2. The van der Waals surface area contributed by atoms with Crippen LogP contribution < -0.4 is 5.32 Å². The number of likely N-dealkylation sites (tertiary alicyclic amines) is 1. The van der Waals surface area contributed by atoms with Crippen molar-refractivity contribution in [3.8, 4) is 0 Å². The minimum absolute atomic E-state index is 0.0912. The molecular weight excluding hydrogens is 312 g/mol. The summed E-state index contributed by atoms with van der Waals surface area (Å²) >= 11 is 0. The number of rotatable bonds is 4. The van der Waals surface area contributed by atoms with Crippen LogP contribution in [0.2, 0.25) is 0 Å². The molecule has 1 spiro atoms.